The third kappa shape index (κ3) is 4.65. The molecule has 0 radical (unpaired) electrons. The van der Waals surface area contributed by atoms with Gasteiger partial charge in [0, 0.05) is 41.8 Å². The average Bonchev–Trinajstić information content (AvgIpc) is 3.39. The monoisotopic (exact) mass is 434 g/mol. The van der Waals surface area contributed by atoms with Crippen LogP contribution < -0.4 is 10.1 Å². The quantitative estimate of drug-likeness (QED) is 0.612. The Balaban J connectivity index is 1.62. The molecule has 1 saturated heterocycles. The van der Waals surface area contributed by atoms with Crippen molar-refractivity contribution in [1.82, 2.24) is 24.6 Å². The number of carbonyl (C=O) groups is 1. The molecule has 32 heavy (non-hydrogen) atoms. The van der Waals surface area contributed by atoms with E-state index in [1.165, 1.54) is 12.8 Å². The normalized spacial score (nSPS) is 14.0. The summed E-state index contributed by atoms with van der Waals surface area (Å²) in [5, 5.41) is 7.16. The summed E-state index contributed by atoms with van der Waals surface area (Å²) in [6.07, 6.45) is 5.77. The van der Waals surface area contributed by atoms with Crippen LogP contribution in [-0.4, -0.2) is 56.8 Å². The lowest BCUT2D eigenvalue weighted by Gasteiger charge is -2.18. The van der Waals surface area contributed by atoms with E-state index in [2.05, 4.69) is 25.3 Å². The van der Waals surface area contributed by atoms with Gasteiger partial charge in [-0.1, -0.05) is 0 Å². The largest absolute Gasteiger partial charge is 0.492 e. The second kappa shape index (κ2) is 9.48. The first-order valence-electron chi connectivity index (χ1n) is 11.0. The van der Waals surface area contributed by atoms with Crippen molar-refractivity contribution in [3.8, 4) is 16.9 Å². The predicted molar refractivity (Wildman–Crippen MR) is 124 cm³/mol. The van der Waals surface area contributed by atoms with Crippen molar-refractivity contribution in [2.45, 2.75) is 33.6 Å². The summed E-state index contributed by atoms with van der Waals surface area (Å²) in [7, 11) is 1.76. The van der Waals surface area contributed by atoms with Crippen molar-refractivity contribution in [1.29, 1.82) is 0 Å². The standard InChI is InChI=1S/C24H30N6O2/c1-16-14-27-29(4)23(16)24(31)28-19-7-8-21(32-12-11-30-9-5-6-10-30)20(13-19)22-17(2)25-15-26-18(22)3/h7-8,13-15H,5-6,9-12H2,1-4H3,(H,28,31). The molecule has 4 rings (SSSR count). The molecule has 8 nitrogen and oxygen atoms in total. The summed E-state index contributed by atoms with van der Waals surface area (Å²) in [5.41, 5.74) is 5.59. The number of aromatic nitrogens is 4. The Morgan fingerprint density at radius 3 is 2.50 bits per heavy atom. The van der Waals surface area contributed by atoms with Gasteiger partial charge in [0.15, 0.2) is 0 Å². The Hall–Kier alpha value is -3.26. The summed E-state index contributed by atoms with van der Waals surface area (Å²) in [4.78, 5) is 24.1. The number of benzene rings is 1. The number of likely N-dealkylation sites (tertiary alicyclic amines) is 1. The van der Waals surface area contributed by atoms with Crippen LogP contribution in [0.15, 0.2) is 30.7 Å². The SMILES string of the molecule is Cc1cnn(C)c1C(=O)Nc1ccc(OCCN2CCCC2)c(-c2c(C)ncnc2C)c1. The van der Waals surface area contributed by atoms with Gasteiger partial charge < -0.3 is 10.1 Å². The van der Waals surface area contributed by atoms with Crippen molar-refractivity contribution < 1.29 is 9.53 Å². The van der Waals surface area contributed by atoms with E-state index in [0.29, 0.717) is 18.0 Å². The summed E-state index contributed by atoms with van der Waals surface area (Å²) in [6.45, 7) is 9.58. The molecule has 0 bridgehead atoms. The highest BCUT2D eigenvalue weighted by Gasteiger charge is 2.18. The van der Waals surface area contributed by atoms with Crippen LogP contribution in [0.5, 0.6) is 5.75 Å². The van der Waals surface area contributed by atoms with E-state index >= 15 is 0 Å². The zero-order valence-electron chi connectivity index (χ0n) is 19.2. The Morgan fingerprint density at radius 2 is 1.84 bits per heavy atom. The van der Waals surface area contributed by atoms with Crippen LogP contribution in [0, 0.1) is 20.8 Å². The van der Waals surface area contributed by atoms with E-state index in [1.807, 2.05) is 39.0 Å². The second-order valence-electron chi connectivity index (χ2n) is 8.28. The van der Waals surface area contributed by atoms with Gasteiger partial charge in [0.2, 0.25) is 0 Å². The van der Waals surface area contributed by atoms with E-state index in [4.69, 9.17) is 4.74 Å². The lowest BCUT2D eigenvalue weighted by Crippen LogP contribution is -2.25. The van der Waals surface area contributed by atoms with E-state index < -0.39 is 0 Å². The van der Waals surface area contributed by atoms with Gasteiger partial charge in [-0.25, -0.2) is 9.97 Å². The molecule has 1 aliphatic heterocycles. The fraction of sp³-hybridized carbons (Fsp3) is 0.417. The minimum absolute atomic E-state index is 0.200. The number of carbonyl (C=O) groups excluding carboxylic acids is 1. The highest BCUT2D eigenvalue weighted by atomic mass is 16.5. The Labute approximate surface area is 188 Å². The molecule has 8 heteroatoms. The molecule has 0 saturated carbocycles. The molecular weight excluding hydrogens is 404 g/mol. The Morgan fingerprint density at radius 1 is 1.12 bits per heavy atom. The number of aryl methyl sites for hydroxylation is 4. The first kappa shape index (κ1) is 22.0. The van der Waals surface area contributed by atoms with Gasteiger partial charge in [0.25, 0.3) is 5.91 Å². The molecule has 1 amide bonds. The zero-order chi connectivity index (χ0) is 22.7. The van der Waals surface area contributed by atoms with Crippen molar-refractivity contribution in [2.24, 2.45) is 7.05 Å². The highest BCUT2D eigenvalue weighted by Crippen LogP contribution is 2.35. The van der Waals surface area contributed by atoms with Crippen LogP contribution in [0.2, 0.25) is 0 Å². The van der Waals surface area contributed by atoms with E-state index in [0.717, 1.165) is 53.5 Å². The molecule has 1 N–H and O–H groups in total. The van der Waals surface area contributed by atoms with E-state index in [9.17, 15) is 4.79 Å². The fourth-order valence-corrected chi connectivity index (χ4v) is 4.27. The van der Waals surface area contributed by atoms with E-state index in [-0.39, 0.29) is 5.91 Å². The maximum absolute atomic E-state index is 12.9. The summed E-state index contributed by atoms with van der Waals surface area (Å²) >= 11 is 0. The maximum atomic E-state index is 12.9. The smallest absolute Gasteiger partial charge is 0.274 e. The summed E-state index contributed by atoms with van der Waals surface area (Å²) < 4.78 is 7.79. The number of nitrogens with one attached hydrogen (secondary N) is 1. The Bertz CT molecular complexity index is 1080. The van der Waals surface area contributed by atoms with Crippen molar-refractivity contribution >= 4 is 11.6 Å². The van der Waals surface area contributed by atoms with Crippen LogP contribution in [0.4, 0.5) is 5.69 Å². The van der Waals surface area contributed by atoms with Crippen molar-refractivity contribution in [2.75, 3.05) is 31.6 Å². The Kier molecular flexibility index (Phi) is 6.50. The van der Waals surface area contributed by atoms with Crippen molar-refractivity contribution in [3.63, 3.8) is 0 Å². The fourth-order valence-electron chi connectivity index (χ4n) is 4.27. The number of anilines is 1. The third-order valence-corrected chi connectivity index (χ3v) is 5.93. The molecule has 3 aromatic rings. The van der Waals surface area contributed by atoms with Crippen LogP contribution >= 0.6 is 0 Å². The van der Waals surface area contributed by atoms with Gasteiger partial charge in [0.1, 0.15) is 24.4 Å². The minimum Gasteiger partial charge on any atom is -0.492 e. The molecule has 0 unspecified atom stereocenters. The molecule has 168 valence electrons. The molecule has 1 aliphatic rings. The van der Waals surface area contributed by atoms with Crippen LogP contribution in [0.3, 0.4) is 0 Å². The number of hydrogen-bond donors (Lipinski definition) is 1. The molecule has 1 fully saturated rings. The number of nitrogens with zero attached hydrogens (tertiary/aromatic N) is 5. The minimum atomic E-state index is -0.200. The maximum Gasteiger partial charge on any atom is 0.274 e. The number of amides is 1. The molecular formula is C24H30N6O2. The highest BCUT2D eigenvalue weighted by molar-refractivity contribution is 6.04. The van der Waals surface area contributed by atoms with Gasteiger partial charge in [-0.3, -0.25) is 14.4 Å². The molecule has 0 atom stereocenters. The number of rotatable bonds is 7. The predicted octanol–water partition coefficient (Wildman–Crippen LogP) is 3.53. The van der Waals surface area contributed by atoms with Gasteiger partial charge in [0.05, 0.1) is 6.20 Å². The van der Waals surface area contributed by atoms with Gasteiger partial charge in [-0.15, -0.1) is 0 Å². The molecule has 3 heterocycles. The van der Waals surface area contributed by atoms with E-state index in [1.54, 1.807) is 24.3 Å². The summed E-state index contributed by atoms with van der Waals surface area (Å²) in [5.74, 6) is 0.564. The van der Waals surface area contributed by atoms with Gasteiger partial charge in [-0.2, -0.15) is 5.10 Å². The lowest BCUT2D eigenvalue weighted by atomic mass is 10.0. The molecule has 0 aliphatic carbocycles. The topological polar surface area (TPSA) is 85.2 Å². The van der Waals surface area contributed by atoms with Crippen LogP contribution in [0.1, 0.15) is 40.3 Å². The van der Waals surface area contributed by atoms with Gasteiger partial charge in [-0.05, 0) is 70.5 Å². The number of ether oxygens (including phenoxy) is 1. The second-order valence-corrected chi connectivity index (χ2v) is 8.28. The first-order chi connectivity index (χ1) is 15.4. The lowest BCUT2D eigenvalue weighted by molar-refractivity contribution is 0.101. The van der Waals surface area contributed by atoms with Gasteiger partial charge >= 0.3 is 0 Å². The number of hydrogen-bond acceptors (Lipinski definition) is 6. The molecule has 1 aromatic carbocycles. The first-order valence-corrected chi connectivity index (χ1v) is 11.0. The summed E-state index contributed by atoms with van der Waals surface area (Å²) in [6, 6.07) is 5.72. The van der Waals surface area contributed by atoms with Crippen molar-refractivity contribution in [3.05, 3.63) is 53.4 Å². The van der Waals surface area contributed by atoms with Crippen LogP contribution in [-0.2, 0) is 7.05 Å². The average molecular weight is 435 g/mol. The molecule has 2 aromatic heterocycles. The third-order valence-electron chi connectivity index (χ3n) is 5.93. The zero-order valence-corrected chi connectivity index (χ0v) is 19.2. The molecule has 0 spiro atoms. The van der Waals surface area contributed by atoms with Crippen LogP contribution in [0.25, 0.3) is 11.1 Å².